The predicted octanol–water partition coefficient (Wildman–Crippen LogP) is 4.31. The fourth-order valence-electron chi connectivity index (χ4n) is 2.07. The quantitative estimate of drug-likeness (QED) is 0.759. The summed E-state index contributed by atoms with van der Waals surface area (Å²) in [6.45, 7) is 3.35. The van der Waals surface area contributed by atoms with Gasteiger partial charge in [0.1, 0.15) is 0 Å². The summed E-state index contributed by atoms with van der Waals surface area (Å²) in [6.07, 6.45) is 6.21. The van der Waals surface area contributed by atoms with Crippen molar-refractivity contribution in [2.75, 3.05) is 0 Å². The van der Waals surface area contributed by atoms with E-state index < -0.39 is 0 Å². The van der Waals surface area contributed by atoms with E-state index in [1.165, 1.54) is 35.1 Å². The van der Waals surface area contributed by atoms with Crippen LogP contribution in [0.2, 0.25) is 0 Å². The summed E-state index contributed by atoms with van der Waals surface area (Å²) in [5, 5.41) is 2.29. The summed E-state index contributed by atoms with van der Waals surface area (Å²) in [6, 6.07) is 9.12. The van der Waals surface area contributed by atoms with Crippen LogP contribution >= 0.6 is 11.8 Å². The first-order valence-electron chi connectivity index (χ1n) is 6.12. The number of thioether (sulfide) groups is 1. The van der Waals surface area contributed by atoms with E-state index in [0.717, 1.165) is 11.8 Å². The molecule has 0 saturated heterocycles. The van der Waals surface area contributed by atoms with E-state index in [4.69, 9.17) is 0 Å². The van der Waals surface area contributed by atoms with Crippen LogP contribution in [0.5, 0.6) is 0 Å². The second-order valence-electron chi connectivity index (χ2n) is 4.55. The maximum absolute atomic E-state index is 2.35. The van der Waals surface area contributed by atoms with Gasteiger partial charge in [0.25, 0.3) is 0 Å². The Balaban J connectivity index is 1.92. The van der Waals surface area contributed by atoms with E-state index in [1.807, 2.05) is 11.8 Å². The molecule has 0 N–H and O–H groups in total. The molecule has 1 aromatic carbocycles. The van der Waals surface area contributed by atoms with Gasteiger partial charge in [0.2, 0.25) is 0 Å². The number of hydrogen-bond donors (Lipinski definition) is 0. The molecule has 0 atom stereocenters. The van der Waals surface area contributed by atoms with E-state index in [-0.39, 0.29) is 0 Å². The average molecular weight is 231 g/mol. The molecular weight excluding hydrogens is 214 g/mol. The van der Waals surface area contributed by atoms with Gasteiger partial charge in [-0.2, -0.15) is 0 Å². The summed E-state index contributed by atoms with van der Waals surface area (Å²) in [7, 11) is 0. The normalized spacial score (nSPS) is 15.8. The monoisotopic (exact) mass is 231 g/mol. The van der Waals surface area contributed by atoms with Crippen molar-refractivity contribution in [3.8, 4) is 0 Å². The zero-order valence-electron chi connectivity index (χ0n) is 9.65. The predicted molar refractivity (Wildman–Crippen MR) is 71.1 cm³/mol. The zero-order chi connectivity index (χ0) is 11.0. The molecule has 84 valence electrons. The maximum atomic E-state index is 2.35. The number of hydrogen-bond acceptors (Lipinski definition) is 1. The lowest BCUT2D eigenvalue weighted by Gasteiger charge is -2.04. The van der Waals surface area contributed by atoms with Crippen LogP contribution in [0.3, 0.4) is 0 Å². The topological polar surface area (TPSA) is 4.93 Å². The molecule has 2 heteroatoms. The van der Waals surface area contributed by atoms with Crippen LogP contribution in [0.1, 0.15) is 26.2 Å². The third kappa shape index (κ3) is 1.99. The van der Waals surface area contributed by atoms with Crippen LogP contribution in [-0.4, -0.2) is 9.82 Å². The van der Waals surface area contributed by atoms with E-state index in [2.05, 4.69) is 42.0 Å². The van der Waals surface area contributed by atoms with Gasteiger partial charge in [0.05, 0.1) is 0 Å². The Morgan fingerprint density at radius 1 is 1.31 bits per heavy atom. The average Bonchev–Trinajstić information content (AvgIpc) is 3.01. The molecule has 1 nitrogen and oxygen atoms in total. The summed E-state index contributed by atoms with van der Waals surface area (Å²) in [5.74, 6) is 0. The van der Waals surface area contributed by atoms with Crippen molar-refractivity contribution >= 4 is 22.7 Å². The van der Waals surface area contributed by atoms with Crippen molar-refractivity contribution in [2.45, 2.75) is 42.9 Å². The first-order chi connectivity index (χ1) is 7.86. The van der Waals surface area contributed by atoms with Crippen molar-refractivity contribution in [3.05, 3.63) is 30.5 Å². The molecular formula is C14H17NS. The number of aromatic nitrogens is 1. The molecule has 0 bridgehead atoms. The van der Waals surface area contributed by atoms with Crippen LogP contribution < -0.4 is 0 Å². The molecule has 1 fully saturated rings. The number of aryl methyl sites for hydroxylation is 1. The third-order valence-electron chi connectivity index (χ3n) is 3.03. The summed E-state index contributed by atoms with van der Waals surface area (Å²) in [5.41, 5.74) is 1.38. The summed E-state index contributed by atoms with van der Waals surface area (Å²) in [4.78, 5) is 1.43. The van der Waals surface area contributed by atoms with Crippen molar-refractivity contribution < 1.29 is 0 Å². The second-order valence-corrected chi connectivity index (χ2v) is 5.92. The van der Waals surface area contributed by atoms with Gasteiger partial charge in [0.15, 0.2) is 0 Å². The highest BCUT2D eigenvalue weighted by Gasteiger charge is 2.22. The van der Waals surface area contributed by atoms with Crippen LogP contribution in [0.4, 0.5) is 0 Å². The van der Waals surface area contributed by atoms with E-state index in [1.54, 1.807) is 0 Å². The van der Waals surface area contributed by atoms with Crippen LogP contribution in [0.15, 0.2) is 35.4 Å². The molecule has 1 heterocycles. The van der Waals surface area contributed by atoms with E-state index >= 15 is 0 Å². The Morgan fingerprint density at radius 2 is 2.19 bits per heavy atom. The van der Waals surface area contributed by atoms with E-state index in [0.29, 0.717) is 0 Å². The third-order valence-corrected chi connectivity index (χ3v) is 4.36. The highest BCUT2D eigenvalue weighted by molar-refractivity contribution is 8.00. The van der Waals surface area contributed by atoms with Crippen molar-refractivity contribution in [1.29, 1.82) is 0 Å². The fourth-order valence-corrected chi connectivity index (χ4v) is 3.16. The molecule has 3 rings (SSSR count). The number of rotatable bonds is 4. The Hall–Kier alpha value is -0.890. The lowest BCUT2D eigenvalue weighted by Crippen LogP contribution is -1.93. The Kier molecular flexibility index (Phi) is 2.68. The minimum absolute atomic E-state index is 0.898. The van der Waals surface area contributed by atoms with Crippen molar-refractivity contribution in [3.63, 3.8) is 0 Å². The number of nitrogens with zero attached hydrogens (tertiary/aromatic N) is 1. The highest BCUT2D eigenvalue weighted by Crippen LogP contribution is 2.39. The van der Waals surface area contributed by atoms with Crippen LogP contribution in [0.25, 0.3) is 10.9 Å². The van der Waals surface area contributed by atoms with Crippen molar-refractivity contribution in [2.24, 2.45) is 0 Å². The van der Waals surface area contributed by atoms with Gasteiger partial charge in [-0.15, -0.1) is 11.8 Å². The van der Waals surface area contributed by atoms with Gasteiger partial charge < -0.3 is 4.57 Å². The molecule has 0 spiro atoms. The molecule has 2 aromatic rings. The summed E-state index contributed by atoms with van der Waals surface area (Å²) >= 11 is 2.04. The molecule has 0 amide bonds. The molecule has 1 aromatic heterocycles. The smallest absolute Gasteiger partial charge is 0.0481 e. The van der Waals surface area contributed by atoms with Crippen LogP contribution in [-0.2, 0) is 6.54 Å². The van der Waals surface area contributed by atoms with Gasteiger partial charge >= 0.3 is 0 Å². The maximum Gasteiger partial charge on any atom is 0.0481 e. The standard InChI is InChI=1S/C14H17NS/c1-2-8-15-9-7-11-10-13(5-6-14(11)15)16-12-3-4-12/h5-7,9-10,12H,2-4,8H2,1H3. The van der Waals surface area contributed by atoms with Crippen molar-refractivity contribution in [1.82, 2.24) is 4.57 Å². The zero-order valence-corrected chi connectivity index (χ0v) is 10.5. The molecule has 0 radical (unpaired) electrons. The first kappa shape index (κ1) is 10.3. The Bertz CT molecular complexity index is 496. The molecule has 0 unspecified atom stereocenters. The SMILES string of the molecule is CCCn1ccc2cc(SC3CC3)ccc21. The lowest BCUT2D eigenvalue weighted by atomic mass is 10.2. The lowest BCUT2D eigenvalue weighted by molar-refractivity contribution is 0.703. The summed E-state index contributed by atoms with van der Waals surface area (Å²) < 4.78 is 2.35. The van der Waals surface area contributed by atoms with Gasteiger partial charge in [0, 0.05) is 33.8 Å². The number of fused-ring (bicyclic) bond motifs is 1. The molecule has 0 aliphatic heterocycles. The van der Waals surface area contributed by atoms with Gasteiger partial charge in [-0.05, 0) is 43.5 Å². The molecule has 16 heavy (non-hydrogen) atoms. The molecule has 1 saturated carbocycles. The minimum atomic E-state index is 0.898. The highest BCUT2D eigenvalue weighted by atomic mass is 32.2. The fraction of sp³-hybridized carbons (Fsp3) is 0.429. The van der Waals surface area contributed by atoms with Gasteiger partial charge in [-0.25, -0.2) is 0 Å². The second kappa shape index (κ2) is 4.17. The first-order valence-corrected chi connectivity index (χ1v) is 7.00. The van der Waals surface area contributed by atoms with E-state index in [9.17, 15) is 0 Å². The van der Waals surface area contributed by atoms with Crippen LogP contribution in [0, 0.1) is 0 Å². The minimum Gasteiger partial charge on any atom is -0.347 e. The van der Waals surface area contributed by atoms with Gasteiger partial charge in [-0.3, -0.25) is 0 Å². The molecule has 1 aliphatic rings. The number of benzene rings is 1. The Labute approximate surface area is 101 Å². The van der Waals surface area contributed by atoms with Gasteiger partial charge in [-0.1, -0.05) is 6.92 Å². The molecule has 1 aliphatic carbocycles. The Morgan fingerprint density at radius 3 is 2.94 bits per heavy atom. The largest absolute Gasteiger partial charge is 0.347 e.